The molecule has 0 spiro atoms. The fourth-order valence-electron chi connectivity index (χ4n) is 0.626. The second kappa shape index (κ2) is 5.45. The Hall–Kier alpha value is -0.630. The van der Waals surface area contributed by atoms with Crippen molar-refractivity contribution in [1.82, 2.24) is 0 Å². The van der Waals surface area contributed by atoms with Crippen LogP contribution in [0, 0.1) is 0 Å². The summed E-state index contributed by atoms with van der Waals surface area (Å²) in [6, 6.07) is 0. The Morgan fingerprint density at radius 2 is 1.80 bits per heavy atom. The van der Waals surface area contributed by atoms with Gasteiger partial charge in [-0.25, -0.2) is 0 Å². The molecule has 2 N–H and O–H groups in total. The van der Waals surface area contributed by atoms with Crippen molar-refractivity contribution in [1.29, 1.82) is 0 Å². The summed E-state index contributed by atoms with van der Waals surface area (Å²) in [6.07, 6.45) is -4.06. The molecule has 0 aromatic heterocycles. The first kappa shape index (κ1) is 14.4. The van der Waals surface area contributed by atoms with Gasteiger partial charge in [0.25, 0.3) is 0 Å². The average molecular weight is 240 g/mol. The van der Waals surface area contributed by atoms with Crippen LogP contribution in [0.15, 0.2) is 0 Å². The third-order valence-electron chi connectivity index (χ3n) is 1.41. The third-order valence-corrected chi connectivity index (χ3v) is 1.86. The van der Waals surface area contributed by atoms with E-state index in [1.807, 2.05) is 0 Å². The van der Waals surface area contributed by atoms with Gasteiger partial charge in [-0.1, -0.05) is 0 Å². The number of aliphatic hydroxyl groups excluding tert-OH is 2. The van der Waals surface area contributed by atoms with Crippen LogP contribution in [0.1, 0.15) is 6.92 Å². The fourth-order valence-corrected chi connectivity index (χ4v) is 0.912. The molecular weight excluding hydrogens is 231 g/mol. The van der Waals surface area contributed by atoms with Gasteiger partial charge in [-0.15, -0.1) is 0 Å². The van der Waals surface area contributed by atoms with E-state index in [9.17, 15) is 23.9 Å². The number of phosphoric acid groups is 1. The highest BCUT2D eigenvalue weighted by Crippen LogP contribution is 2.24. The molecule has 0 saturated heterocycles. The molecule has 2 atom stereocenters. The normalized spacial score (nSPS) is 15.8. The molecule has 0 aromatic carbocycles. The maximum atomic E-state index is 10.8. The van der Waals surface area contributed by atoms with Gasteiger partial charge in [0.15, 0.2) is 11.6 Å². The summed E-state index contributed by atoms with van der Waals surface area (Å²) in [7, 11) is -5.31. The largest absolute Gasteiger partial charge is 0.790 e. The zero-order chi connectivity index (χ0) is 12.2. The highest BCUT2D eigenvalue weighted by atomic mass is 31.2. The van der Waals surface area contributed by atoms with Crippen molar-refractivity contribution < 1.29 is 38.7 Å². The molecule has 0 bridgehead atoms. The molecule has 0 amide bonds. The molecule has 0 unspecified atom stereocenters. The lowest BCUT2D eigenvalue weighted by atomic mass is 10.1. The zero-order valence-electron chi connectivity index (χ0n) is 7.65. The number of carbonyl (C=O) groups is 2. The molecule has 0 rings (SSSR count). The summed E-state index contributed by atoms with van der Waals surface area (Å²) in [5.74, 6) is -2.15. The average Bonchev–Trinajstić information content (AvgIpc) is 2.10. The Labute approximate surface area is 84.7 Å². The standard InChI is InChI=1S/C6H11O8P/c1-3(7)5(9)6(10)4(8)2-14-15(11,12)13/h5-6,9-10H,2H2,1H3,(H2,11,12,13)/p-2/t5-,6-/m1/s1. The first-order chi connectivity index (χ1) is 6.65. The van der Waals surface area contributed by atoms with E-state index in [4.69, 9.17) is 10.2 Å². The Kier molecular flexibility index (Phi) is 5.22. The van der Waals surface area contributed by atoms with Crippen molar-refractivity contribution in [3.05, 3.63) is 0 Å². The number of hydrogen-bond donors (Lipinski definition) is 2. The van der Waals surface area contributed by atoms with Crippen LogP contribution in [-0.2, 0) is 18.7 Å². The lowest BCUT2D eigenvalue weighted by Gasteiger charge is -2.28. The van der Waals surface area contributed by atoms with Crippen LogP contribution in [0.5, 0.6) is 0 Å². The number of phosphoric ester groups is 1. The smallest absolute Gasteiger partial charge is 0.190 e. The molecule has 88 valence electrons. The lowest BCUT2D eigenvalue weighted by Crippen LogP contribution is -2.40. The van der Waals surface area contributed by atoms with Gasteiger partial charge in [0.1, 0.15) is 18.8 Å². The molecule has 0 radical (unpaired) electrons. The van der Waals surface area contributed by atoms with Gasteiger partial charge in [0, 0.05) is 0 Å². The van der Waals surface area contributed by atoms with Crippen LogP contribution < -0.4 is 9.79 Å². The van der Waals surface area contributed by atoms with E-state index < -0.39 is 38.2 Å². The van der Waals surface area contributed by atoms with Crippen molar-refractivity contribution in [3.63, 3.8) is 0 Å². The summed E-state index contributed by atoms with van der Waals surface area (Å²) in [5.41, 5.74) is 0. The second-order valence-electron chi connectivity index (χ2n) is 2.69. The maximum absolute atomic E-state index is 10.8. The summed E-state index contributed by atoms with van der Waals surface area (Å²) in [6.45, 7) is -0.288. The SMILES string of the molecule is CC(=O)[C@@H](O)[C@H](O)C(=O)COP(=O)([O-])[O-]. The lowest BCUT2D eigenvalue weighted by molar-refractivity contribution is -0.341. The van der Waals surface area contributed by atoms with E-state index in [0.717, 1.165) is 6.92 Å². The highest BCUT2D eigenvalue weighted by Gasteiger charge is 2.27. The van der Waals surface area contributed by atoms with Gasteiger partial charge in [0.2, 0.25) is 0 Å². The zero-order valence-corrected chi connectivity index (χ0v) is 8.55. The van der Waals surface area contributed by atoms with Crippen LogP contribution in [0.3, 0.4) is 0 Å². The van der Waals surface area contributed by atoms with Gasteiger partial charge in [-0.2, -0.15) is 0 Å². The highest BCUT2D eigenvalue weighted by molar-refractivity contribution is 7.43. The Balaban J connectivity index is 4.23. The van der Waals surface area contributed by atoms with E-state index in [1.54, 1.807) is 0 Å². The molecule has 0 aliphatic rings. The van der Waals surface area contributed by atoms with Crippen LogP contribution >= 0.6 is 7.82 Å². The minimum absolute atomic E-state index is 0.872. The van der Waals surface area contributed by atoms with Crippen LogP contribution in [0.25, 0.3) is 0 Å². The first-order valence-corrected chi connectivity index (χ1v) is 5.17. The number of carbonyl (C=O) groups excluding carboxylic acids is 2. The van der Waals surface area contributed by atoms with Gasteiger partial charge >= 0.3 is 0 Å². The molecular formula is C6H9O8P-2. The summed E-state index contributed by atoms with van der Waals surface area (Å²) >= 11 is 0. The monoisotopic (exact) mass is 240 g/mol. The van der Waals surface area contributed by atoms with Crippen molar-refractivity contribution >= 4 is 19.4 Å². The quantitative estimate of drug-likeness (QED) is 0.459. The number of hydrogen-bond acceptors (Lipinski definition) is 8. The maximum Gasteiger partial charge on any atom is 0.190 e. The van der Waals surface area contributed by atoms with Crippen molar-refractivity contribution in [2.24, 2.45) is 0 Å². The topological polar surface area (TPSA) is 147 Å². The first-order valence-electron chi connectivity index (χ1n) is 3.71. The number of Topliss-reactive ketones (excluding diaryl/α,β-unsaturated/α-hetero) is 2. The minimum atomic E-state index is -5.31. The molecule has 0 aliphatic carbocycles. The fraction of sp³-hybridized carbons (Fsp3) is 0.667. The minimum Gasteiger partial charge on any atom is -0.790 e. The summed E-state index contributed by atoms with van der Waals surface area (Å²) in [4.78, 5) is 41.3. The van der Waals surface area contributed by atoms with E-state index in [-0.39, 0.29) is 0 Å². The molecule has 15 heavy (non-hydrogen) atoms. The van der Waals surface area contributed by atoms with Crippen molar-refractivity contribution in [2.75, 3.05) is 6.61 Å². The van der Waals surface area contributed by atoms with Gasteiger partial charge in [-0.05, 0) is 6.92 Å². The molecule has 9 heteroatoms. The third kappa shape index (κ3) is 5.73. The van der Waals surface area contributed by atoms with Crippen molar-refractivity contribution in [3.8, 4) is 0 Å². The molecule has 0 heterocycles. The Bertz CT molecular complexity index is 294. The molecule has 0 fully saturated rings. The van der Waals surface area contributed by atoms with Crippen LogP contribution in [0.4, 0.5) is 0 Å². The Morgan fingerprint density at radius 1 is 1.33 bits per heavy atom. The summed E-state index contributed by atoms with van der Waals surface area (Å²) in [5, 5.41) is 17.9. The van der Waals surface area contributed by atoms with Gasteiger partial charge in [-0.3, -0.25) is 9.59 Å². The predicted octanol–water partition coefficient (Wildman–Crippen LogP) is -3.29. The van der Waals surface area contributed by atoms with Gasteiger partial charge in [0.05, 0.1) is 7.82 Å². The number of aliphatic hydroxyl groups is 2. The number of ketones is 2. The van der Waals surface area contributed by atoms with E-state index in [0.29, 0.717) is 0 Å². The van der Waals surface area contributed by atoms with Crippen LogP contribution in [-0.4, -0.2) is 40.6 Å². The molecule has 0 aromatic rings. The Morgan fingerprint density at radius 3 is 2.13 bits per heavy atom. The molecule has 0 aliphatic heterocycles. The predicted molar refractivity (Wildman–Crippen MR) is 41.3 cm³/mol. The van der Waals surface area contributed by atoms with E-state index in [1.165, 1.54) is 0 Å². The number of rotatable bonds is 6. The summed E-state index contributed by atoms with van der Waals surface area (Å²) < 4.78 is 13.5. The van der Waals surface area contributed by atoms with Crippen LogP contribution in [0.2, 0.25) is 0 Å². The van der Waals surface area contributed by atoms with E-state index >= 15 is 0 Å². The second-order valence-corrected chi connectivity index (χ2v) is 3.84. The van der Waals surface area contributed by atoms with Crippen molar-refractivity contribution in [2.45, 2.75) is 19.1 Å². The molecule has 0 saturated carbocycles. The van der Waals surface area contributed by atoms with Gasteiger partial charge < -0.3 is 29.1 Å². The molecule has 8 nitrogen and oxygen atoms in total. The van der Waals surface area contributed by atoms with E-state index in [2.05, 4.69) is 4.52 Å².